The van der Waals surface area contributed by atoms with Crippen LogP contribution in [-0.2, 0) is 0 Å². The maximum atomic E-state index is 13.3. The van der Waals surface area contributed by atoms with Gasteiger partial charge in [-0.05, 0) is 25.0 Å². The quantitative estimate of drug-likeness (QED) is 0.760. The number of nitrogens with one attached hydrogen (secondary N) is 2. The molecule has 2 N–H and O–H groups in total. The number of hydrogen-bond donors (Lipinski definition) is 2. The van der Waals surface area contributed by atoms with Crippen LogP contribution in [0, 0.1) is 0 Å². The lowest BCUT2D eigenvalue weighted by molar-refractivity contribution is -0.198. The van der Waals surface area contributed by atoms with Gasteiger partial charge < -0.3 is 15.4 Å². The molecule has 4 nitrogen and oxygen atoms in total. The van der Waals surface area contributed by atoms with Gasteiger partial charge in [0.05, 0.1) is 5.69 Å². The lowest BCUT2D eigenvalue weighted by atomic mass is 9.96. The molecular weight excluding hydrogens is 333 g/mol. The molecule has 2 rings (SSSR count). The smallest absolute Gasteiger partial charge is 0.427 e. The third-order valence-electron chi connectivity index (χ3n) is 3.58. The van der Waals surface area contributed by atoms with E-state index in [2.05, 4.69) is 15.4 Å². The average molecular weight is 351 g/mol. The molecule has 1 atom stereocenters. The van der Waals surface area contributed by atoms with Crippen molar-refractivity contribution >= 4 is 23.3 Å². The highest BCUT2D eigenvalue weighted by Gasteiger charge is 2.42. The van der Waals surface area contributed by atoms with E-state index in [4.69, 9.17) is 11.6 Å². The number of ether oxygens (including phenoxy) is 1. The Labute approximate surface area is 137 Å². The molecule has 1 aliphatic carbocycles. The molecule has 23 heavy (non-hydrogen) atoms. The number of carbonyl (C=O) groups excluding carboxylic acids is 1. The van der Waals surface area contributed by atoms with Crippen LogP contribution in [0.4, 0.5) is 23.7 Å². The third kappa shape index (κ3) is 5.20. The van der Waals surface area contributed by atoms with Crippen LogP contribution < -0.4 is 15.4 Å². The standard InChI is InChI=1S/C15H18ClF3N2O2/c16-13(17)15(18,19)23-12-9-5-4-8-11(12)21-14(22)20-10-6-2-1-3-7-10/h4-5,8-10,13H,1-3,6-7H2,(H2,20,21,22)/t13-/m1/s1. The number of anilines is 1. The number of urea groups is 1. The van der Waals surface area contributed by atoms with Gasteiger partial charge in [-0.2, -0.15) is 8.78 Å². The second kappa shape index (κ2) is 7.77. The van der Waals surface area contributed by atoms with Gasteiger partial charge in [0.15, 0.2) is 0 Å². The Morgan fingerprint density at radius 1 is 1.26 bits per heavy atom. The zero-order valence-electron chi connectivity index (χ0n) is 12.3. The molecule has 1 aromatic carbocycles. The molecule has 0 unspecified atom stereocenters. The van der Waals surface area contributed by atoms with Crippen molar-refractivity contribution in [3.63, 3.8) is 0 Å². The number of rotatable bonds is 5. The first kappa shape index (κ1) is 17.7. The molecule has 1 aliphatic rings. The van der Waals surface area contributed by atoms with E-state index >= 15 is 0 Å². The highest BCUT2D eigenvalue weighted by Crippen LogP contribution is 2.33. The van der Waals surface area contributed by atoms with Crippen LogP contribution in [0.25, 0.3) is 0 Å². The molecule has 1 fully saturated rings. The van der Waals surface area contributed by atoms with Crippen LogP contribution >= 0.6 is 11.6 Å². The zero-order chi connectivity index (χ0) is 16.9. The number of amides is 2. The van der Waals surface area contributed by atoms with E-state index in [1.807, 2.05) is 0 Å². The normalized spacial score (nSPS) is 17.4. The topological polar surface area (TPSA) is 50.4 Å². The summed E-state index contributed by atoms with van der Waals surface area (Å²) >= 11 is 4.76. The highest BCUT2D eigenvalue weighted by molar-refractivity contribution is 6.20. The monoisotopic (exact) mass is 350 g/mol. The van der Waals surface area contributed by atoms with E-state index < -0.39 is 17.8 Å². The number of para-hydroxylation sites is 2. The van der Waals surface area contributed by atoms with Gasteiger partial charge in [0.1, 0.15) is 5.75 Å². The molecule has 0 spiro atoms. The summed E-state index contributed by atoms with van der Waals surface area (Å²) in [5.41, 5.74) is -2.98. The van der Waals surface area contributed by atoms with Crippen LogP contribution in [0.2, 0.25) is 0 Å². The van der Waals surface area contributed by atoms with Gasteiger partial charge in [-0.15, -0.1) is 0 Å². The summed E-state index contributed by atoms with van der Waals surface area (Å²) in [6.07, 6.45) is 0.821. The summed E-state index contributed by atoms with van der Waals surface area (Å²) in [7, 11) is 0. The largest absolute Gasteiger partial charge is 0.444 e. The van der Waals surface area contributed by atoms with Gasteiger partial charge in [-0.1, -0.05) is 43.0 Å². The molecule has 1 aromatic rings. The minimum atomic E-state index is -4.20. The molecule has 0 heterocycles. The van der Waals surface area contributed by atoms with Gasteiger partial charge in [0.2, 0.25) is 0 Å². The van der Waals surface area contributed by atoms with Crippen molar-refractivity contribution in [1.29, 1.82) is 0 Å². The Bertz CT molecular complexity index is 537. The molecule has 0 aromatic heterocycles. The fourth-order valence-corrected chi connectivity index (χ4v) is 2.49. The molecule has 0 radical (unpaired) electrons. The first-order valence-electron chi connectivity index (χ1n) is 7.40. The third-order valence-corrected chi connectivity index (χ3v) is 3.83. The average Bonchev–Trinajstić information content (AvgIpc) is 2.50. The van der Waals surface area contributed by atoms with Gasteiger partial charge in [-0.3, -0.25) is 0 Å². The Morgan fingerprint density at radius 3 is 2.57 bits per heavy atom. The Morgan fingerprint density at radius 2 is 1.91 bits per heavy atom. The summed E-state index contributed by atoms with van der Waals surface area (Å²) in [4.78, 5) is 12.0. The molecule has 128 valence electrons. The van der Waals surface area contributed by atoms with E-state index in [0.717, 1.165) is 32.1 Å². The number of hydrogen-bond acceptors (Lipinski definition) is 2. The fraction of sp³-hybridized carbons (Fsp3) is 0.533. The Hall–Kier alpha value is -1.63. The summed E-state index contributed by atoms with van der Waals surface area (Å²) in [6, 6.07) is 5.10. The van der Waals surface area contributed by atoms with E-state index in [0.29, 0.717) is 0 Å². The lowest BCUT2D eigenvalue weighted by Crippen LogP contribution is -2.39. The minimum absolute atomic E-state index is 0.0119. The summed E-state index contributed by atoms with van der Waals surface area (Å²) in [5, 5.41) is 5.23. The first-order chi connectivity index (χ1) is 10.9. The number of benzene rings is 1. The maximum absolute atomic E-state index is 13.3. The summed E-state index contributed by atoms with van der Waals surface area (Å²) in [5.74, 6) is -0.361. The second-order valence-electron chi connectivity index (χ2n) is 5.39. The summed E-state index contributed by atoms with van der Waals surface area (Å²) < 4.78 is 43.5. The van der Waals surface area contributed by atoms with Crippen molar-refractivity contribution in [3.05, 3.63) is 24.3 Å². The predicted octanol–water partition coefficient (Wildman–Crippen LogP) is 4.65. The second-order valence-corrected chi connectivity index (χ2v) is 5.78. The number of halogens is 4. The van der Waals surface area contributed by atoms with Gasteiger partial charge in [0, 0.05) is 6.04 Å². The van der Waals surface area contributed by atoms with Crippen LogP contribution in [0.3, 0.4) is 0 Å². The molecule has 0 aliphatic heterocycles. The van der Waals surface area contributed by atoms with E-state index in [9.17, 15) is 18.0 Å². The molecule has 8 heteroatoms. The Balaban J connectivity index is 2.00. The summed E-state index contributed by atoms with van der Waals surface area (Å²) in [6.45, 7) is 0. The van der Waals surface area contributed by atoms with E-state index in [1.54, 1.807) is 0 Å². The van der Waals surface area contributed by atoms with Crippen LogP contribution in [0.15, 0.2) is 24.3 Å². The molecule has 0 bridgehead atoms. The number of alkyl halides is 4. The Kier molecular flexibility index (Phi) is 5.98. The van der Waals surface area contributed by atoms with E-state index in [-0.39, 0.29) is 17.5 Å². The van der Waals surface area contributed by atoms with Gasteiger partial charge >= 0.3 is 12.1 Å². The van der Waals surface area contributed by atoms with Crippen LogP contribution in [0.5, 0.6) is 5.75 Å². The van der Waals surface area contributed by atoms with Crippen molar-refractivity contribution in [2.24, 2.45) is 0 Å². The minimum Gasteiger partial charge on any atom is -0.427 e. The molecule has 0 saturated heterocycles. The van der Waals surface area contributed by atoms with Crippen LogP contribution in [0.1, 0.15) is 32.1 Å². The predicted molar refractivity (Wildman–Crippen MR) is 81.8 cm³/mol. The van der Waals surface area contributed by atoms with E-state index in [1.165, 1.54) is 24.3 Å². The lowest BCUT2D eigenvalue weighted by Gasteiger charge is -2.24. The van der Waals surface area contributed by atoms with Crippen molar-refractivity contribution in [3.8, 4) is 5.75 Å². The van der Waals surface area contributed by atoms with Gasteiger partial charge in [0.25, 0.3) is 5.63 Å². The van der Waals surface area contributed by atoms with Crippen molar-refractivity contribution < 1.29 is 22.7 Å². The molecule has 2 amide bonds. The molecule has 1 saturated carbocycles. The highest BCUT2D eigenvalue weighted by atomic mass is 35.5. The maximum Gasteiger partial charge on any atom is 0.444 e. The van der Waals surface area contributed by atoms with Crippen molar-refractivity contribution in [2.75, 3.05) is 5.32 Å². The van der Waals surface area contributed by atoms with Crippen molar-refractivity contribution in [1.82, 2.24) is 5.32 Å². The first-order valence-corrected chi connectivity index (χ1v) is 7.83. The fourth-order valence-electron chi connectivity index (χ4n) is 2.44. The van der Waals surface area contributed by atoms with Gasteiger partial charge in [-0.25, -0.2) is 9.18 Å². The van der Waals surface area contributed by atoms with Crippen LogP contribution in [-0.4, -0.2) is 23.8 Å². The van der Waals surface area contributed by atoms with Crippen molar-refractivity contribution in [2.45, 2.75) is 49.9 Å². The number of carbonyl (C=O) groups is 1. The zero-order valence-corrected chi connectivity index (χ0v) is 13.1. The molecular formula is C15H18ClF3N2O2. The SMILES string of the molecule is O=C(Nc1ccccc1OC(F)(F)[C@@H](F)Cl)NC1CCCCC1.